The second kappa shape index (κ2) is 15.0. The molecular weight excluding hydrogens is 515 g/mol. The standard InChI is InChI=1S/C21H36N4O3S.HI/c1-3-22-21(23-14-6-9-17-28-4-2)24-18-19-10-12-20(13-11-19)29(26,27)25-15-7-5-8-16-25;/h10-13H,3-9,14-18H2,1-2H3,(H2,22,23,24);1H. The van der Waals surface area contributed by atoms with Crippen LogP contribution in [0.2, 0.25) is 0 Å². The van der Waals surface area contributed by atoms with E-state index in [-0.39, 0.29) is 24.0 Å². The fourth-order valence-corrected chi connectivity index (χ4v) is 4.73. The number of ether oxygens (including phenoxy) is 1. The molecule has 9 heteroatoms. The van der Waals surface area contributed by atoms with Gasteiger partial charge in [-0.1, -0.05) is 18.6 Å². The van der Waals surface area contributed by atoms with Crippen LogP contribution in [0.3, 0.4) is 0 Å². The number of guanidine groups is 1. The summed E-state index contributed by atoms with van der Waals surface area (Å²) in [4.78, 5) is 4.97. The lowest BCUT2D eigenvalue weighted by Gasteiger charge is -2.25. The molecule has 0 amide bonds. The maximum atomic E-state index is 12.7. The van der Waals surface area contributed by atoms with Gasteiger partial charge in [0.25, 0.3) is 0 Å². The van der Waals surface area contributed by atoms with Gasteiger partial charge < -0.3 is 15.4 Å². The van der Waals surface area contributed by atoms with E-state index in [2.05, 4.69) is 15.6 Å². The summed E-state index contributed by atoms with van der Waals surface area (Å²) in [6.45, 7) is 8.96. The van der Waals surface area contributed by atoms with Gasteiger partial charge >= 0.3 is 0 Å². The van der Waals surface area contributed by atoms with E-state index in [0.29, 0.717) is 24.5 Å². The third-order valence-corrected chi connectivity index (χ3v) is 6.77. The average molecular weight is 553 g/mol. The number of nitrogens with one attached hydrogen (secondary N) is 2. The number of nitrogens with zero attached hydrogens (tertiary/aromatic N) is 2. The van der Waals surface area contributed by atoms with Crippen LogP contribution < -0.4 is 10.6 Å². The van der Waals surface area contributed by atoms with Crippen molar-refractivity contribution in [2.24, 2.45) is 4.99 Å². The van der Waals surface area contributed by atoms with Crippen molar-refractivity contribution in [2.45, 2.75) is 57.4 Å². The Morgan fingerprint density at radius 1 is 1.07 bits per heavy atom. The number of halogens is 1. The zero-order valence-electron chi connectivity index (χ0n) is 18.2. The minimum Gasteiger partial charge on any atom is -0.382 e. The van der Waals surface area contributed by atoms with Crippen LogP contribution in [0.15, 0.2) is 34.2 Å². The largest absolute Gasteiger partial charge is 0.382 e. The van der Waals surface area contributed by atoms with Gasteiger partial charge in [0.2, 0.25) is 10.0 Å². The van der Waals surface area contributed by atoms with Gasteiger partial charge in [-0.2, -0.15) is 4.31 Å². The first-order chi connectivity index (χ1) is 14.1. The molecule has 0 aromatic heterocycles. The number of hydrogen-bond donors (Lipinski definition) is 2. The average Bonchev–Trinajstić information content (AvgIpc) is 2.75. The van der Waals surface area contributed by atoms with Crippen molar-refractivity contribution in [3.8, 4) is 0 Å². The van der Waals surface area contributed by atoms with Gasteiger partial charge in [0.05, 0.1) is 11.4 Å². The van der Waals surface area contributed by atoms with Gasteiger partial charge in [-0.05, 0) is 57.2 Å². The van der Waals surface area contributed by atoms with Crippen LogP contribution in [0.1, 0.15) is 51.5 Å². The van der Waals surface area contributed by atoms with Crippen molar-refractivity contribution in [1.82, 2.24) is 14.9 Å². The highest BCUT2D eigenvalue weighted by Crippen LogP contribution is 2.21. The Balaban J connectivity index is 0.00000450. The molecule has 1 fully saturated rings. The molecule has 0 radical (unpaired) electrons. The number of aliphatic imine (C=N–C) groups is 1. The first-order valence-corrected chi connectivity index (χ1v) is 12.2. The Bertz CT molecular complexity index is 720. The molecule has 1 heterocycles. The summed E-state index contributed by atoms with van der Waals surface area (Å²) in [5.74, 6) is 0.772. The Morgan fingerprint density at radius 2 is 1.77 bits per heavy atom. The van der Waals surface area contributed by atoms with Crippen LogP contribution in [-0.2, 0) is 21.3 Å². The Kier molecular flexibility index (Phi) is 13.5. The van der Waals surface area contributed by atoms with E-state index >= 15 is 0 Å². The summed E-state index contributed by atoms with van der Waals surface area (Å²) in [7, 11) is -3.38. The summed E-state index contributed by atoms with van der Waals surface area (Å²) < 4.78 is 32.4. The third-order valence-electron chi connectivity index (χ3n) is 4.85. The second-order valence-electron chi connectivity index (χ2n) is 7.13. The molecule has 0 aliphatic carbocycles. The number of rotatable bonds is 11. The Hall–Kier alpha value is -0.910. The van der Waals surface area contributed by atoms with Gasteiger partial charge in [-0.25, -0.2) is 13.4 Å². The molecule has 1 aromatic carbocycles. The summed E-state index contributed by atoms with van der Waals surface area (Å²) in [6.07, 6.45) is 5.04. The second-order valence-corrected chi connectivity index (χ2v) is 9.07. The maximum Gasteiger partial charge on any atom is 0.243 e. The Morgan fingerprint density at radius 3 is 2.40 bits per heavy atom. The van der Waals surface area contributed by atoms with Crippen LogP contribution >= 0.6 is 24.0 Å². The van der Waals surface area contributed by atoms with E-state index in [0.717, 1.165) is 69.9 Å². The molecule has 0 spiro atoms. The monoisotopic (exact) mass is 552 g/mol. The molecule has 0 unspecified atom stereocenters. The van der Waals surface area contributed by atoms with Crippen LogP contribution in [0.5, 0.6) is 0 Å². The summed E-state index contributed by atoms with van der Waals surface area (Å²) in [6, 6.07) is 7.10. The van der Waals surface area contributed by atoms with E-state index in [9.17, 15) is 8.42 Å². The SMILES string of the molecule is CCNC(=NCc1ccc(S(=O)(=O)N2CCCCC2)cc1)NCCCCOCC.I. The highest BCUT2D eigenvalue weighted by atomic mass is 127. The number of benzene rings is 1. The van der Waals surface area contributed by atoms with Crippen molar-refractivity contribution >= 4 is 40.0 Å². The maximum absolute atomic E-state index is 12.7. The topological polar surface area (TPSA) is 83.0 Å². The van der Waals surface area contributed by atoms with E-state index in [1.165, 1.54) is 0 Å². The van der Waals surface area contributed by atoms with Crippen LogP contribution in [0.4, 0.5) is 0 Å². The van der Waals surface area contributed by atoms with E-state index < -0.39 is 10.0 Å². The van der Waals surface area contributed by atoms with Gasteiger partial charge in [0.15, 0.2) is 5.96 Å². The summed E-state index contributed by atoms with van der Waals surface area (Å²) in [5, 5.41) is 6.57. The van der Waals surface area contributed by atoms with Gasteiger partial charge in [0.1, 0.15) is 0 Å². The van der Waals surface area contributed by atoms with Crippen LogP contribution in [0.25, 0.3) is 0 Å². The van der Waals surface area contributed by atoms with E-state index in [1.54, 1.807) is 16.4 Å². The quantitative estimate of drug-likeness (QED) is 0.191. The summed E-state index contributed by atoms with van der Waals surface area (Å²) >= 11 is 0. The molecule has 7 nitrogen and oxygen atoms in total. The van der Waals surface area contributed by atoms with Gasteiger partial charge in [-0.3, -0.25) is 0 Å². The van der Waals surface area contributed by atoms with Crippen molar-refractivity contribution in [2.75, 3.05) is 39.4 Å². The molecule has 2 N–H and O–H groups in total. The number of piperidine rings is 1. The molecular formula is C21H37IN4O3S. The first-order valence-electron chi connectivity index (χ1n) is 10.8. The predicted molar refractivity (Wildman–Crippen MR) is 133 cm³/mol. The predicted octanol–water partition coefficient (Wildman–Crippen LogP) is 3.35. The molecule has 1 saturated heterocycles. The molecule has 0 atom stereocenters. The molecule has 1 aliphatic rings. The molecule has 0 bridgehead atoms. The van der Waals surface area contributed by atoms with Crippen LogP contribution in [-0.4, -0.2) is 58.1 Å². The van der Waals surface area contributed by atoms with Crippen molar-refractivity contribution in [3.63, 3.8) is 0 Å². The normalized spacial score (nSPS) is 15.5. The summed E-state index contributed by atoms with van der Waals surface area (Å²) in [5.41, 5.74) is 0.983. The molecule has 1 aliphatic heterocycles. The first kappa shape index (κ1) is 27.1. The highest BCUT2D eigenvalue weighted by Gasteiger charge is 2.25. The highest BCUT2D eigenvalue weighted by molar-refractivity contribution is 14.0. The minimum absolute atomic E-state index is 0. The molecule has 2 rings (SSSR count). The smallest absolute Gasteiger partial charge is 0.243 e. The molecule has 1 aromatic rings. The number of unbranched alkanes of at least 4 members (excludes halogenated alkanes) is 1. The fourth-order valence-electron chi connectivity index (χ4n) is 3.21. The fraction of sp³-hybridized carbons (Fsp3) is 0.667. The van der Waals surface area contributed by atoms with Crippen molar-refractivity contribution < 1.29 is 13.2 Å². The third kappa shape index (κ3) is 9.07. The molecule has 0 saturated carbocycles. The van der Waals surface area contributed by atoms with E-state index in [4.69, 9.17) is 4.74 Å². The zero-order chi connectivity index (χ0) is 21.0. The molecule has 172 valence electrons. The Labute approximate surface area is 199 Å². The number of sulfonamides is 1. The zero-order valence-corrected chi connectivity index (χ0v) is 21.4. The van der Waals surface area contributed by atoms with Gasteiger partial charge in [0, 0.05) is 39.4 Å². The minimum atomic E-state index is -3.38. The van der Waals surface area contributed by atoms with E-state index in [1.807, 2.05) is 26.0 Å². The lowest BCUT2D eigenvalue weighted by atomic mass is 10.2. The van der Waals surface area contributed by atoms with Crippen LogP contribution in [0, 0.1) is 0 Å². The van der Waals surface area contributed by atoms with Gasteiger partial charge in [-0.15, -0.1) is 24.0 Å². The number of hydrogen-bond acceptors (Lipinski definition) is 4. The van der Waals surface area contributed by atoms with Crippen molar-refractivity contribution in [1.29, 1.82) is 0 Å². The molecule has 30 heavy (non-hydrogen) atoms. The lowest BCUT2D eigenvalue weighted by molar-refractivity contribution is 0.143. The van der Waals surface area contributed by atoms with Crippen molar-refractivity contribution in [3.05, 3.63) is 29.8 Å². The lowest BCUT2D eigenvalue weighted by Crippen LogP contribution is -2.37.